The second kappa shape index (κ2) is 17.8. The Kier molecular flexibility index (Phi) is 9.88. The number of para-hydroxylation sites is 8. The van der Waals surface area contributed by atoms with E-state index in [1.54, 1.807) is 0 Å². The summed E-state index contributed by atoms with van der Waals surface area (Å²) < 4.78 is 16.8. The summed E-state index contributed by atoms with van der Waals surface area (Å²) >= 11 is 0. The third kappa shape index (κ3) is 6.82. The van der Waals surface area contributed by atoms with E-state index in [0.717, 1.165) is 155 Å². The van der Waals surface area contributed by atoms with Crippen LogP contribution in [-0.2, 0) is 0 Å². The first-order valence-electron chi connectivity index (χ1n) is 27.5. The number of rotatable bonds is 8. The van der Waals surface area contributed by atoms with Crippen LogP contribution >= 0.6 is 0 Å². The quantitative estimate of drug-likeness (QED) is 0.152. The lowest BCUT2D eigenvalue weighted by atomic mass is 9.98. The van der Waals surface area contributed by atoms with E-state index in [1.807, 2.05) is 0 Å². The van der Waals surface area contributed by atoms with Crippen LogP contribution in [0.2, 0.25) is 0 Å². The number of benzene rings is 12. The maximum absolute atomic E-state index is 7.29. The first-order valence-corrected chi connectivity index (χ1v) is 27.5. The van der Waals surface area contributed by atoms with Gasteiger partial charge in [0.05, 0.1) is 61.1 Å². The van der Waals surface area contributed by atoms with Crippen molar-refractivity contribution < 1.29 is 4.42 Å². The van der Waals surface area contributed by atoms with Crippen molar-refractivity contribution in [3.05, 3.63) is 279 Å². The predicted octanol–water partition coefficient (Wildman–Crippen LogP) is 19.1. The molecule has 7 nitrogen and oxygen atoms in total. The van der Waals surface area contributed by atoms with Crippen LogP contribution in [0.4, 0.5) is 0 Å². The van der Waals surface area contributed by atoms with E-state index in [4.69, 9.17) is 14.4 Å². The summed E-state index contributed by atoms with van der Waals surface area (Å²) in [6.07, 6.45) is 0. The molecule has 0 fully saturated rings. The van der Waals surface area contributed by atoms with E-state index in [0.29, 0.717) is 0 Å². The highest BCUT2D eigenvalue weighted by atomic mass is 16.3. The third-order valence-electron chi connectivity index (χ3n) is 16.4. The first-order chi connectivity index (χ1) is 40.2. The van der Waals surface area contributed by atoms with Crippen LogP contribution in [0.5, 0.6) is 0 Å². The summed E-state index contributed by atoms with van der Waals surface area (Å²) in [5.74, 6) is 1.60. The van der Waals surface area contributed by atoms with Gasteiger partial charge >= 0.3 is 0 Å². The molecular formula is C74H46N6O. The van der Waals surface area contributed by atoms with Gasteiger partial charge in [0.2, 0.25) is 5.95 Å². The molecule has 0 aliphatic heterocycles. The Morgan fingerprint density at radius 1 is 0.284 bits per heavy atom. The number of hydrogen-bond donors (Lipinski definition) is 0. The number of aromatic nitrogens is 6. The van der Waals surface area contributed by atoms with Gasteiger partial charge in [-0.25, -0.2) is 9.97 Å². The molecule has 0 saturated carbocycles. The third-order valence-corrected chi connectivity index (χ3v) is 16.4. The molecule has 0 unspecified atom stereocenters. The summed E-state index contributed by atoms with van der Waals surface area (Å²) in [5.41, 5.74) is 20.4. The second-order valence-corrected chi connectivity index (χ2v) is 20.9. The Morgan fingerprint density at radius 2 is 0.815 bits per heavy atom. The lowest BCUT2D eigenvalue weighted by Gasteiger charge is -2.17. The van der Waals surface area contributed by atoms with Gasteiger partial charge in [0.25, 0.3) is 0 Å². The fourth-order valence-electron chi connectivity index (χ4n) is 12.9. The molecule has 378 valence electrons. The normalized spacial score (nSPS) is 12.0. The number of nitrogens with zero attached hydrogens (tertiary/aromatic N) is 6. The molecule has 7 heteroatoms. The maximum Gasteiger partial charge on any atom is 0.220 e. The minimum atomic E-state index is 0.782. The molecule has 0 amide bonds. The Morgan fingerprint density at radius 3 is 1.51 bits per heavy atom. The van der Waals surface area contributed by atoms with Crippen molar-refractivity contribution in [2.75, 3.05) is 0 Å². The minimum Gasteiger partial charge on any atom is -0.455 e. The number of hydrogen-bond acceptors (Lipinski definition) is 3. The maximum atomic E-state index is 7.29. The van der Waals surface area contributed by atoms with Gasteiger partial charge in [0, 0.05) is 49.1 Å². The van der Waals surface area contributed by atoms with Gasteiger partial charge in [0.15, 0.2) is 0 Å². The molecule has 0 saturated heterocycles. The van der Waals surface area contributed by atoms with Crippen molar-refractivity contribution in [1.82, 2.24) is 28.2 Å². The zero-order chi connectivity index (χ0) is 53.1. The van der Waals surface area contributed by atoms with Gasteiger partial charge in [-0.15, -0.1) is 0 Å². The van der Waals surface area contributed by atoms with E-state index in [9.17, 15) is 0 Å². The van der Waals surface area contributed by atoms with Crippen molar-refractivity contribution in [2.24, 2.45) is 0 Å². The summed E-state index contributed by atoms with van der Waals surface area (Å²) in [6, 6.07) is 99.6. The summed E-state index contributed by atoms with van der Waals surface area (Å²) in [7, 11) is 0. The SMILES string of the molecule is c1ccc(-c2ccc3oc4c(-c5nc6ccccc6n5-c5ccccc5-c5ccccc5)cc5c(c6ccccc6n5-c5ccc6c7ccccc7n(-c7nc8ccccc8n7-c7ccccc7-c7ccccc7)c6c5)c4c3c2)cc1. The van der Waals surface area contributed by atoms with Crippen LogP contribution in [-0.4, -0.2) is 28.2 Å². The van der Waals surface area contributed by atoms with Gasteiger partial charge in [-0.2, -0.15) is 0 Å². The average Bonchev–Trinajstić information content (AvgIpc) is 4.26. The van der Waals surface area contributed by atoms with Gasteiger partial charge in [-0.05, 0) is 101 Å². The standard InChI is InChI=1S/C74H46N6O/c1-4-22-47(23-5-1)50-40-43-69-57(44-50)71-70-56-31-13-19-37-64(56)77(68(70)46-58(72(71)81-69)73-75-59-32-14-20-38-65(59)78(73)61-34-16-10-28-52(61)48-24-6-2-7-25-48)51-41-42-55-54-30-12-18-36-63(54)80(67(55)45-51)74-76-60-33-15-21-39-66(60)79(74)62-35-17-11-29-53(62)49-26-8-3-9-27-49/h1-46H. The van der Waals surface area contributed by atoms with E-state index in [1.165, 1.54) is 0 Å². The molecular weight excluding hydrogens is 989 g/mol. The van der Waals surface area contributed by atoms with Crippen LogP contribution in [0.15, 0.2) is 283 Å². The Labute approximate surface area is 464 Å². The van der Waals surface area contributed by atoms with Crippen LogP contribution in [0.3, 0.4) is 0 Å². The molecule has 0 spiro atoms. The highest BCUT2D eigenvalue weighted by Gasteiger charge is 2.28. The summed E-state index contributed by atoms with van der Waals surface area (Å²) in [4.78, 5) is 11.2. The first kappa shape index (κ1) is 45.0. The van der Waals surface area contributed by atoms with Crippen LogP contribution < -0.4 is 0 Å². The molecule has 0 radical (unpaired) electrons. The van der Waals surface area contributed by atoms with Gasteiger partial charge in [-0.1, -0.05) is 200 Å². The predicted molar refractivity (Wildman–Crippen MR) is 333 cm³/mol. The van der Waals surface area contributed by atoms with E-state index < -0.39 is 0 Å². The fraction of sp³-hybridized carbons (Fsp3) is 0. The van der Waals surface area contributed by atoms with E-state index >= 15 is 0 Å². The molecule has 0 aliphatic carbocycles. The molecule has 17 aromatic rings. The minimum absolute atomic E-state index is 0.782. The van der Waals surface area contributed by atoms with Crippen molar-refractivity contribution in [2.45, 2.75) is 0 Å². The highest BCUT2D eigenvalue weighted by Crippen LogP contribution is 2.48. The Bertz CT molecular complexity index is 5350. The summed E-state index contributed by atoms with van der Waals surface area (Å²) in [5, 5.41) is 6.60. The molecule has 5 aromatic heterocycles. The lowest BCUT2D eigenvalue weighted by molar-refractivity contribution is 0.669. The Hall–Kier alpha value is -11.0. The zero-order valence-electron chi connectivity index (χ0n) is 43.6. The van der Waals surface area contributed by atoms with Crippen LogP contribution in [0.25, 0.3) is 155 Å². The molecule has 0 aliphatic rings. The topological polar surface area (TPSA) is 58.6 Å². The van der Waals surface area contributed by atoms with Crippen molar-refractivity contribution in [1.29, 1.82) is 0 Å². The van der Waals surface area contributed by atoms with Crippen molar-refractivity contribution >= 4 is 87.6 Å². The smallest absolute Gasteiger partial charge is 0.220 e. The number of imidazole rings is 2. The molecule has 5 heterocycles. The van der Waals surface area contributed by atoms with Crippen LogP contribution in [0.1, 0.15) is 0 Å². The second-order valence-electron chi connectivity index (χ2n) is 20.9. The van der Waals surface area contributed by atoms with Crippen LogP contribution in [0, 0.1) is 0 Å². The molecule has 12 aromatic carbocycles. The largest absolute Gasteiger partial charge is 0.455 e. The molecule has 0 N–H and O–H groups in total. The van der Waals surface area contributed by atoms with Gasteiger partial charge in [-0.3, -0.25) is 13.7 Å². The molecule has 81 heavy (non-hydrogen) atoms. The highest BCUT2D eigenvalue weighted by molar-refractivity contribution is 6.30. The van der Waals surface area contributed by atoms with E-state index in [2.05, 4.69) is 297 Å². The molecule has 17 rings (SSSR count). The monoisotopic (exact) mass is 1030 g/mol. The van der Waals surface area contributed by atoms with Gasteiger partial charge in [0.1, 0.15) is 17.0 Å². The van der Waals surface area contributed by atoms with Gasteiger partial charge < -0.3 is 8.98 Å². The van der Waals surface area contributed by atoms with Crippen molar-refractivity contribution in [3.8, 4) is 67.8 Å². The number of fused-ring (bicyclic) bond motifs is 12. The summed E-state index contributed by atoms with van der Waals surface area (Å²) in [6.45, 7) is 0. The average molecular weight is 1040 g/mol. The number of furan rings is 1. The lowest BCUT2D eigenvalue weighted by Crippen LogP contribution is -2.07. The zero-order valence-corrected chi connectivity index (χ0v) is 43.6. The molecule has 0 bridgehead atoms. The van der Waals surface area contributed by atoms with E-state index in [-0.39, 0.29) is 0 Å². The Balaban J connectivity index is 0.988. The fourth-order valence-corrected chi connectivity index (χ4v) is 12.9. The molecule has 0 atom stereocenters. The van der Waals surface area contributed by atoms with Crippen molar-refractivity contribution in [3.63, 3.8) is 0 Å².